The molecular weight excluding hydrogens is 320 g/mol. The summed E-state index contributed by atoms with van der Waals surface area (Å²) in [6.07, 6.45) is 14.9. The van der Waals surface area contributed by atoms with Crippen LogP contribution >= 0.6 is 11.8 Å². The van der Waals surface area contributed by atoms with E-state index in [4.69, 9.17) is 0 Å². The van der Waals surface area contributed by atoms with E-state index in [1.54, 1.807) is 0 Å². The molecule has 1 saturated heterocycles. The van der Waals surface area contributed by atoms with E-state index in [0.717, 1.165) is 18.1 Å². The highest BCUT2D eigenvalue weighted by atomic mass is 32.2. The second kappa shape index (κ2) is 13.7. The van der Waals surface area contributed by atoms with Crippen LogP contribution in [0.2, 0.25) is 0 Å². The number of rotatable bonds is 9. The SMILES string of the molecule is C=C(C/C=C\CC)C(C)C.C=C(CCCCC1CCCS1)C(C)(C)C. The van der Waals surface area contributed by atoms with Crippen LogP contribution in [0, 0.1) is 11.3 Å². The monoisotopic (exact) mass is 364 g/mol. The standard InChI is InChI=1S/C14H26S.C10H18/c1-12(14(2,3)4)8-5-6-9-13-10-7-11-15-13;1-5-6-7-8-10(4)9(2)3/h13H,1,5-11H2,2-4H3;6-7,9H,4-5,8H2,1-3H3/b;7-6-. The predicted molar refractivity (Wildman–Crippen MR) is 121 cm³/mol. The van der Waals surface area contributed by atoms with Gasteiger partial charge in [-0.1, -0.05) is 84.4 Å². The Labute approximate surface area is 163 Å². The highest BCUT2D eigenvalue weighted by Crippen LogP contribution is 2.32. The van der Waals surface area contributed by atoms with E-state index in [9.17, 15) is 0 Å². The Morgan fingerprint density at radius 1 is 1.16 bits per heavy atom. The van der Waals surface area contributed by atoms with E-state index in [0.29, 0.717) is 11.3 Å². The van der Waals surface area contributed by atoms with Crippen molar-refractivity contribution in [2.75, 3.05) is 5.75 Å². The molecule has 25 heavy (non-hydrogen) atoms. The zero-order valence-electron chi connectivity index (χ0n) is 18.0. The highest BCUT2D eigenvalue weighted by molar-refractivity contribution is 8.00. The molecule has 0 aromatic carbocycles. The molecule has 0 bridgehead atoms. The number of thioether (sulfide) groups is 1. The molecule has 0 aromatic heterocycles. The lowest BCUT2D eigenvalue weighted by Crippen LogP contribution is -2.08. The summed E-state index contributed by atoms with van der Waals surface area (Å²) in [7, 11) is 0. The molecule has 0 saturated carbocycles. The molecule has 1 heteroatoms. The third-order valence-electron chi connectivity index (χ3n) is 4.94. The molecule has 0 aromatic rings. The summed E-state index contributed by atoms with van der Waals surface area (Å²) < 4.78 is 0. The summed E-state index contributed by atoms with van der Waals surface area (Å²) in [4.78, 5) is 0. The maximum atomic E-state index is 4.19. The van der Waals surface area contributed by atoms with E-state index >= 15 is 0 Å². The fraction of sp³-hybridized carbons (Fsp3) is 0.750. The van der Waals surface area contributed by atoms with E-state index in [-0.39, 0.29) is 0 Å². The molecule has 1 atom stereocenters. The molecule has 1 fully saturated rings. The van der Waals surface area contributed by atoms with Gasteiger partial charge in [0, 0.05) is 5.25 Å². The second-order valence-electron chi connectivity index (χ2n) is 8.63. The van der Waals surface area contributed by atoms with Crippen LogP contribution in [0.25, 0.3) is 0 Å². The molecule has 0 aliphatic carbocycles. The van der Waals surface area contributed by atoms with Gasteiger partial charge in [0.15, 0.2) is 0 Å². The van der Waals surface area contributed by atoms with Crippen LogP contribution in [0.5, 0.6) is 0 Å². The maximum Gasteiger partial charge on any atom is 0.00473 e. The summed E-state index contributed by atoms with van der Waals surface area (Å²) in [6.45, 7) is 21.5. The smallest absolute Gasteiger partial charge is 0.00473 e. The number of unbranched alkanes of at least 4 members (excludes halogenated alkanes) is 1. The largest absolute Gasteiger partial charge is 0.159 e. The first kappa shape index (κ1) is 24.6. The van der Waals surface area contributed by atoms with Crippen LogP contribution in [-0.4, -0.2) is 11.0 Å². The first-order valence-electron chi connectivity index (χ1n) is 10.3. The van der Waals surface area contributed by atoms with Gasteiger partial charge >= 0.3 is 0 Å². The predicted octanol–water partition coefficient (Wildman–Crippen LogP) is 8.60. The average molecular weight is 365 g/mol. The van der Waals surface area contributed by atoms with Crippen molar-refractivity contribution < 1.29 is 0 Å². The van der Waals surface area contributed by atoms with Crippen LogP contribution in [0.3, 0.4) is 0 Å². The van der Waals surface area contributed by atoms with Crippen molar-refractivity contribution in [3.8, 4) is 0 Å². The topological polar surface area (TPSA) is 0 Å². The summed E-state index contributed by atoms with van der Waals surface area (Å²) in [5, 5.41) is 0.980. The molecular formula is C24H44S. The van der Waals surface area contributed by atoms with Gasteiger partial charge in [-0.25, -0.2) is 0 Å². The molecule has 0 nitrogen and oxygen atoms in total. The van der Waals surface area contributed by atoms with Gasteiger partial charge in [0.2, 0.25) is 0 Å². The van der Waals surface area contributed by atoms with Crippen LogP contribution < -0.4 is 0 Å². The van der Waals surface area contributed by atoms with Crippen molar-refractivity contribution >= 4 is 11.8 Å². The maximum absolute atomic E-state index is 4.19. The van der Waals surface area contributed by atoms with Crippen molar-refractivity contribution in [3.05, 3.63) is 36.5 Å². The van der Waals surface area contributed by atoms with E-state index in [1.165, 1.54) is 55.4 Å². The summed E-state index contributed by atoms with van der Waals surface area (Å²) >= 11 is 2.18. The normalized spacial score (nSPS) is 17.6. The summed E-state index contributed by atoms with van der Waals surface area (Å²) in [5.41, 5.74) is 3.05. The summed E-state index contributed by atoms with van der Waals surface area (Å²) in [6, 6.07) is 0. The Hall–Kier alpha value is -0.430. The number of allylic oxidation sites excluding steroid dienone is 4. The molecule has 1 heterocycles. The lowest BCUT2D eigenvalue weighted by molar-refractivity contribution is 0.473. The van der Waals surface area contributed by atoms with Gasteiger partial charge in [-0.2, -0.15) is 11.8 Å². The van der Waals surface area contributed by atoms with Gasteiger partial charge in [0.25, 0.3) is 0 Å². The van der Waals surface area contributed by atoms with Gasteiger partial charge in [-0.15, -0.1) is 0 Å². The third kappa shape index (κ3) is 13.4. The third-order valence-corrected chi connectivity index (χ3v) is 6.41. The van der Waals surface area contributed by atoms with Crippen LogP contribution in [0.4, 0.5) is 0 Å². The fourth-order valence-electron chi connectivity index (χ4n) is 2.59. The van der Waals surface area contributed by atoms with Gasteiger partial charge in [0.05, 0.1) is 0 Å². The van der Waals surface area contributed by atoms with Crippen molar-refractivity contribution in [1.29, 1.82) is 0 Å². The Kier molecular flexibility index (Phi) is 13.5. The quantitative estimate of drug-likeness (QED) is 0.291. The minimum absolute atomic E-state index is 0.308. The fourth-order valence-corrected chi connectivity index (χ4v) is 3.93. The van der Waals surface area contributed by atoms with Crippen molar-refractivity contribution in [3.63, 3.8) is 0 Å². The zero-order valence-corrected chi connectivity index (χ0v) is 18.8. The first-order chi connectivity index (χ1) is 11.7. The Balaban J connectivity index is 0.000000504. The van der Waals surface area contributed by atoms with E-state index in [1.807, 2.05) is 0 Å². The van der Waals surface area contributed by atoms with Gasteiger partial charge < -0.3 is 0 Å². The van der Waals surface area contributed by atoms with Crippen molar-refractivity contribution in [1.82, 2.24) is 0 Å². The van der Waals surface area contributed by atoms with Crippen LogP contribution in [0.15, 0.2) is 36.5 Å². The number of hydrogen-bond acceptors (Lipinski definition) is 1. The lowest BCUT2D eigenvalue weighted by atomic mass is 9.84. The lowest BCUT2D eigenvalue weighted by Gasteiger charge is -2.21. The Morgan fingerprint density at radius 3 is 2.32 bits per heavy atom. The molecule has 1 aliphatic rings. The zero-order chi connectivity index (χ0) is 19.3. The molecule has 0 amide bonds. The molecule has 0 spiro atoms. The van der Waals surface area contributed by atoms with Crippen molar-refractivity contribution in [2.45, 2.75) is 98.2 Å². The molecule has 0 radical (unpaired) electrons. The van der Waals surface area contributed by atoms with Gasteiger partial charge in [0.1, 0.15) is 0 Å². The van der Waals surface area contributed by atoms with Gasteiger partial charge in [-0.3, -0.25) is 0 Å². The molecule has 146 valence electrons. The minimum Gasteiger partial charge on any atom is -0.159 e. The molecule has 1 rings (SSSR count). The minimum atomic E-state index is 0.308. The van der Waals surface area contributed by atoms with Crippen molar-refractivity contribution in [2.24, 2.45) is 11.3 Å². The van der Waals surface area contributed by atoms with Gasteiger partial charge in [-0.05, 0) is 62.0 Å². The molecule has 1 unspecified atom stereocenters. The summed E-state index contributed by atoms with van der Waals surface area (Å²) in [5.74, 6) is 2.03. The van der Waals surface area contributed by atoms with E-state index < -0.39 is 0 Å². The number of hydrogen-bond donors (Lipinski definition) is 0. The molecule has 1 aliphatic heterocycles. The van der Waals surface area contributed by atoms with Crippen LogP contribution in [0.1, 0.15) is 92.9 Å². The second-order valence-corrected chi connectivity index (χ2v) is 10.0. The van der Waals surface area contributed by atoms with E-state index in [2.05, 4.69) is 78.6 Å². The Morgan fingerprint density at radius 2 is 1.84 bits per heavy atom. The Bertz CT molecular complexity index is 389. The highest BCUT2D eigenvalue weighted by Gasteiger charge is 2.16. The molecule has 0 N–H and O–H groups in total. The van der Waals surface area contributed by atoms with Crippen LogP contribution in [-0.2, 0) is 0 Å². The first-order valence-corrected chi connectivity index (χ1v) is 11.4. The average Bonchev–Trinajstić information content (AvgIpc) is 3.04.